The minimum Gasteiger partial charge on any atom is -0.465 e. The van der Waals surface area contributed by atoms with Crippen LogP contribution in [0.1, 0.15) is 20.8 Å². The molecule has 1 amide bonds. The van der Waals surface area contributed by atoms with Gasteiger partial charge in [0, 0.05) is 25.6 Å². The summed E-state index contributed by atoms with van der Waals surface area (Å²) in [5.41, 5.74) is 0.462. The number of nitrogens with zero attached hydrogens (tertiary/aromatic N) is 1. The van der Waals surface area contributed by atoms with E-state index in [0.29, 0.717) is 11.4 Å². The topological polar surface area (TPSA) is 72.9 Å². The molecule has 0 bridgehead atoms. The third-order valence-corrected chi connectivity index (χ3v) is 2.36. The lowest BCUT2D eigenvalue weighted by Gasteiger charge is -2.20. The summed E-state index contributed by atoms with van der Waals surface area (Å²) in [4.78, 5) is 35.3. The van der Waals surface area contributed by atoms with Crippen molar-refractivity contribution in [1.82, 2.24) is 0 Å². The molecule has 6 heteroatoms. The second-order valence-corrected chi connectivity index (χ2v) is 4.00. The van der Waals surface area contributed by atoms with Gasteiger partial charge in [0.15, 0.2) is 0 Å². The van der Waals surface area contributed by atoms with Crippen molar-refractivity contribution < 1.29 is 23.9 Å². The van der Waals surface area contributed by atoms with Crippen LogP contribution < -0.4 is 9.64 Å². The highest BCUT2D eigenvalue weighted by atomic mass is 16.5. The molecule has 0 unspecified atom stereocenters. The normalized spacial score (nSPS) is 9.75. The van der Waals surface area contributed by atoms with E-state index in [1.165, 1.54) is 24.8 Å². The summed E-state index contributed by atoms with van der Waals surface area (Å²) in [6.07, 6.45) is 0. The second-order valence-electron chi connectivity index (χ2n) is 4.00. The second kappa shape index (κ2) is 7.28. The summed E-state index contributed by atoms with van der Waals surface area (Å²) < 4.78 is 9.76. The third kappa shape index (κ3) is 4.72. The van der Waals surface area contributed by atoms with Gasteiger partial charge in [-0.2, -0.15) is 0 Å². The standard InChI is InChI=1S/C14H17NO5/c1-4-19-14(18)9-15(10(2)16)12-6-5-7-13(8-12)20-11(3)17/h5-8H,4,9H2,1-3H3. The number of carbonyl (C=O) groups is 3. The Hall–Kier alpha value is -2.37. The summed E-state index contributed by atoms with van der Waals surface area (Å²) in [5.74, 6) is -0.953. The summed E-state index contributed by atoms with van der Waals surface area (Å²) in [6, 6.07) is 6.39. The number of amides is 1. The molecule has 1 aromatic rings. The Morgan fingerprint density at radius 3 is 2.45 bits per heavy atom. The first kappa shape index (κ1) is 15.7. The van der Waals surface area contributed by atoms with E-state index in [4.69, 9.17) is 9.47 Å². The summed E-state index contributed by atoms with van der Waals surface area (Å²) >= 11 is 0. The maximum absolute atomic E-state index is 11.6. The zero-order valence-corrected chi connectivity index (χ0v) is 11.7. The molecule has 0 heterocycles. The minimum absolute atomic E-state index is 0.188. The van der Waals surface area contributed by atoms with Gasteiger partial charge in [0.25, 0.3) is 0 Å². The average Bonchev–Trinajstić information content (AvgIpc) is 2.35. The van der Waals surface area contributed by atoms with E-state index in [0.717, 1.165) is 0 Å². The molecule has 0 aliphatic carbocycles. The molecule has 108 valence electrons. The molecule has 1 rings (SSSR count). The predicted molar refractivity (Wildman–Crippen MR) is 72.4 cm³/mol. The van der Waals surface area contributed by atoms with Crippen molar-refractivity contribution in [3.63, 3.8) is 0 Å². The first-order chi connectivity index (χ1) is 9.43. The molecule has 0 atom stereocenters. The number of hydrogen-bond acceptors (Lipinski definition) is 5. The highest BCUT2D eigenvalue weighted by Gasteiger charge is 2.17. The molecule has 0 radical (unpaired) electrons. The molecule has 0 fully saturated rings. The number of rotatable bonds is 5. The maximum atomic E-state index is 11.6. The molecule has 0 aromatic heterocycles. The van der Waals surface area contributed by atoms with Gasteiger partial charge in [-0.05, 0) is 19.1 Å². The largest absolute Gasteiger partial charge is 0.465 e. The van der Waals surface area contributed by atoms with E-state index >= 15 is 0 Å². The monoisotopic (exact) mass is 279 g/mol. The Labute approximate surface area is 117 Å². The van der Waals surface area contributed by atoms with Crippen molar-refractivity contribution in [3.05, 3.63) is 24.3 Å². The Kier molecular flexibility index (Phi) is 5.71. The number of carbonyl (C=O) groups excluding carboxylic acids is 3. The zero-order chi connectivity index (χ0) is 15.1. The number of ether oxygens (including phenoxy) is 2. The number of esters is 2. The van der Waals surface area contributed by atoms with E-state index in [1.54, 1.807) is 25.1 Å². The fraction of sp³-hybridized carbons (Fsp3) is 0.357. The molecule has 0 N–H and O–H groups in total. The lowest BCUT2D eigenvalue weighted by molar-refractivity contribution is -0.142. The van der Waals surface area contributed by atoms with Gasteiger partial charge in [-0.3, -0.25) is 14.4 Å². The molecular weight excluding hydrogens is 262 g/mol. The maximum Gasteiger partial charge on any atom is 0.326 e. The van der Waals surface area contributed by atoms with Crippen molar-refractivity contribution in [2.45, 2.75) is 20.8 Å². The number of anilines is 1. The van der Waals surface area contributed by atoms with Gasteiger partial charge in [0.2, 0.25) is 5.91 Å². The van der Waals surface area contributed by atoms with Crippen molar-refractivity contribution in [1.29, 1.82) is 0 Å². The lowest BCUT2D eigenvalue weighted by atomic mass is 10.2. The molecule has 20 heavy (non-hydrogen) atoms. The van der Waals surface area contributed by atoms with E-state index < -0.39 is 11.9 Å². The van der Waals surface area contributed by atoms with Crippen LogP contribution in [0.3, 0.4) is 0 Å². The molecule has 1 aromatic carbocycles. The predicted octanol–water partition coefficient (Wildman–Crippen LogP) is 1.53. The van der Waals surface area contributed by atoms with Crippen LogP contribution >= 0.6 is 0 Å². The van der Waals surface area contributed by atoms with Crippen LogP contribution in [0.2, 0.25) is 0 Å². The average molecular weight is 279 g/mol. The Morgan fingerprint density at radius 1 is 1.20 bits per heavy atom. The first-order valence-electron chi connectivity index (χ1n) is 6.16. The quantitative estimate of drug-likeness (QED) is 0.603. The number of benzene rings is 1. The fourth-order valence-corrected chi connectivity index (χ4v) is 1.60. The smallest absolute Gasteiger partial charge is 0.326 e. The van der Waals surface area contributed by atoms with Crippen molar-refractivity contribution >= 4 is 23.5 Å². The summed E-state index contributed by atoms with van der Waals surface area (Å²) in [7, 11) is 0. The Morgan fingerprint density at radius 2 is 1.90 bits per heavy atom. The molecule has 0 saturated carbocycles. The SMILES string of the molecule is CCOC(=O)CN(C(C)=O)c1cccc(OC(C)=O)c1. The van der Waals surface area contributed by atoms with Gasteiger partial charge in [-0.25, -0.2) is 0 Å². The molecule has 0 spiro atoms. The van der Waals surface area contributed by atoms with Gasteiger partial charge in [0.1, 0.15) is 12.3 Å². The van der Waals surface area contributed by atoms with Gasteiger partial charge in [-0.1, -0.05) is 6.07 Å². The van der Waals surface area contributed by atoms with Gasteiger partial charge in [-0.15, -0.1) is 0 Å². The zero-order valence-electron chi connectivity index (χ0n) is 11.7. The van der Waals surface area contributed by atoms with E-state index in [-0.39, 0.29) is 19.1 Å². The van der Waals surface area contributed by atoms with Crippen LogP contribution in [0.15, 0.2) is 24.3 Å². The van der Waals surface area contributed by atoms with Crippen LogP contribution in [0.4, 0.5) is 5.69 Å². The lowest BCUT2D eigenvalue weighted by Crippen LogP contribution is -2.34. The van der Waals surface area contributed by atoms with E-state index in [1.807, 2.05) is 0 Å². The van der Waals surface area contributed by atoms with E-state index in [9.17, 15) is 14.4 Å². The molecule has 6 nitrogen and oxygen atoms in total. The molecule has 0 saturated heterocycles. The van der Waals surface area contributed by atoms with Crippen LogP contribution in [-0.4, -0.2) is 31.0 Å². The Bertz CT molecular complexity index is 512. The fourth-order valence-electron chi connectivity index (χ4n) is 1.60. The van der Waals surface area contributed by atoms with Gasteiger partial charge < -0.3 is 14.4 Å². The van der Waals surface area contributed by atoms with Crippen LogP contribution in [0.5, 0.6) is 5.75 Å². The highest BCUT2D eigenvalue weighted by Crippen LogP contribution is 2.21. The van der Waals surface area contributed by atoms with Gasteiger partial charge in [0.05, 0.1) is 6.61 Å². The third-order valence-electron chi connectivity index (χ3n) is 2.36. The van der Waals surface area contributed by atoms with Crippen LogP contribution in [0.25, 0.3) is 0 Å². The van der Waals surface area contributed by atoms with Crippen LogP contribution in [-0.2, 0) is 19.1 Å². The van der Waals surface area contributed by atoms with Crippen molar-refractivity contribution in [3.8, 4) is 5.75 Å². The van der Waals surface area contributed by atoms with Crippen molar-refractivity contribution in [2.75, 3.05) is 18.1 Å². The highest BCUT2D eigenvalue weighted by molar-refractivity contribution is 5.96. The number of hydrogen-bond donors (Lipinski definition) is 0. The van der Waals surface area contributed by atoms with Crippen molar-refractivity contribution in [2.24, 2.45) is 0 Å². The molecule has 0 aliphatic heterocycles. The van der Waals surface area contributed by atoms with E-state index in [2.05, 4.69) is 0 Å². The first-order valence-corrected chi connectivity index (χ1v) is 6.16. The molecular formula is C14H17NO5. The summed E-state index contributed by atoms with van der Waals surface area (Å²) in [6.45, 7) is 4.38. The molecule has 0 aliphatic rings. The van der Waals surface area contributed by atoms with Gasteiger partial charge >= 0.3 is 11.9 Å². The summed E-state index contributed by atoms with van der Waals surface area (Å²) in [5, 5.41) is 0. The van der Waals surface area contributed by atoms with Crippen LogP contribution in [0, 0.1) is 0 Å². The minimum atomic E-state index is -0.499. The Balaban J connectivity index is 2.94.